The highest BCUT2D eigenvalue weighted by molar-refractivity contribution is 6.30. The van der Waals surface area contributed by atoms with E-state index in [0.717, 1.165) is 18.7 Å². The first-order valence-corrected chi connectivity index (χ1v) is 7.57. The van der Waals surface area contributed by atoms with Crippen molar-refractivity contribution in [3.8, 4) is 0 Å². The summed E-state index contributed by atoms with van der Waals surface area (Å²) in [7, 11) is 0. The number of rotatable bonds is 4. The third-order valence-electron chi connectivity index (χ3n) is 3.98. The number of ketones is 1. The molecule has 0 radical (unpaired) electrons. The van der Waals surface area contributed by atoms with E-state index in [9.17, 15) is 4.79 Å². The molecule has 1 aromatic rings. The van der Waals surface area contributed by atoms with E-state index in [4.69, 9.17) is 11.6 Å². The fourth-order valence-corrected chi connectivity index (χ4v) is 2.82. The lowest BCUT2D eigenvalue weighted by atomic mass is 10.1. The van der Waals surface area contributed by atoms with Crippen LogP contribution in [0.1, 0.15) is 49.4 Å². The van der Waals surface area contributed by atoms with Crippen LogP contribution in [0, 0.1) is 0 Å². The summed E-state index contributed by atoms with van der Waals surface area (Å²) in [6, 6.07) is 7.81. The Balaban J connectivity index is 1.87. The van der Waals surface area contributed by atoms with Gasteiger partial charge in [0, 0.05) is 29.6 Å². The molecule has 1 aliphatic rings. The summed E-state index contributed by atoms with van der Waals surface area (Å²) in [5.74, 6) is 0.216. The minimum Gasteiger partial charge on any atom is -0.300 e. The summed E-state index contributed by atoms with van der Waals surface area (Å²) in [4.78, 5) is 14.6. The molecule has 1 fully saturated rings. The van der Waals surface area contributed by atoms with Crippen molar-refractivity contribution in [2.75, 3.05) is 13.1 Å². The molecule has 0 spiro atoms. The zero-order chi connectivity index (χ0) is 13.7. The zero-order valence-corrected chi connectivity index (χ0v) is 12.3. The van der Waals surface area contributed by atoms with Gasteiger partial charge in [-0.15, -0.1) is 0 Å². The molecule has 104 valence electrons. The molecule has 1 saturated heterocycles. The number of halogens is 1. The van der Waals surface area contributed by atoms with Crippen molar-refractivity contribution in [2.24, 2.45) is 0 Å². The van der Waals surface area contributed by atoms with E-state index in [-0.39, 0.29) is 5.78 Å². The number of benzene rings is 1. The van der Waals surface area contributed by atoms with Crippen LogP contribution in [0.3, 0.4) is 0 Å². The summed E-state index contributed by atoms with van der Waals surface area (Å²) in [5, 5.41) is 0.678. The van der Waals surface area contributed by atoms with Crippen LogP contribution in [0.25, 0.3) is 0 Å². The van der Waals surface area contributed by atoms with Gasteiger partial charge in [-0.2, -0.15) is 0 Å². The fourth-order valence-electron chi connectivity index (χ4n) is 2.69. The Morgan fingerprint density at radius 3 is 2.74 bits per heavy atom. The number of carbonyl (C=O) groups excluding carboxylic acids is 1. The maximum Gasteiger partial charge on any atom is 0.164 e. The highest BCUT2D eigenvalue weighted by Gasteiger charge is 2.17. The molecule has 19 heavy (non-hydrogen) atoms. The normalized spacial score (nSPS) is 21.1. The number of nitrogens with zero attached hydrogens (tertiary/aromatic N) is 1. The Morgan fingerprint density at radius 2 is 2.00 bits per heavy atom. The molecule has 0 N–H and O–H groups in total. The fraction of sp³-hybridized carbons (Fsp3) is 0.562. The van der Waals surface area contributed by atoms with Crippen LogP contribution >= 0.6 is 11.6 Å². The lowest BCUT2D eigenvalue weighted by Gasteiger charge is -2.26. The minimum atomic E-state index is 0.216. The van der Waals surface area contributed by atoms with E-state index in [1.165, 1.54) is 25.7 Å². The third-order valence-corrected chi connectivity index (χ3v) is 4.23. The molecular weight excluding hydrogens is 258 g/mol. The van der Waals surface area contributed by atoms with E-state index in [0.29, 0.717) is 17.5 Å². The Hall–Kier alpha value is -0.860. The molecule has 1 atom stereocenters. The Kier molecular flexibility index (Phi) is 5.41. The van der Waals surface area contributed by atoms with Gasteiger partial charge >= 0.3 is 0 Å². The third kappa shape index (κ3) is 4.32. The molecule has 2 nitrogen and oxygen atoms in total. The van der Waals surface area contributed by atoms with Crippen molar-refractivity contribution in [3.05, 3.63) is 34.9 Å². The summed E-state index contributed by atoms with van der Waals surface area (Å²) >= 11 is 5.83. The average Bonchev–Trinajstić information content (AvgIpc) is 2.61. The van der Waals surface area contributed by atoms with Crippen LogP contribution in [-0.4, -0.2) is 29.8 Å². The van der Waals surface area contributed by atoms with Crippen molar-refractivity contribution >= 4 is 17.4 Å². The molecule has 0 amide bonds. The van der Waals surface area contributed by atoms with E-state index in [1.54, 1.807) is 12.1 Å². The van der Waals surface area contributed by atoms with Crippen LogP contribution < -0.4 is 0 Å². The van der Waals surface area contributed by atoms with Crippen LogP contribution in [0.15, 0.2) is 24.3 Å². The topological polar surface area (TPSA) is 20.3 Å². The molecule has 1 heterocycles. The van der Waals surface area contributed by atoms with Gasteiger partial charge in [0.05, 0.1) is 0 Å². The SMILES string of the molecule is CC1CCCCCN1CCC(=O)c1ccc(Cl)cc1. The number of Topliss-reactive ketones (excluding diaryl/α,β-unsaturated/α-hetero) is 1. The smallest absolute Gasteiger partial charge is 0.164 e. The summed E-state index contributed by atoms with van der Waals surface area (Å²) in [6.45, 7) is 4.29. The molecule has 0 bridgehead atoms. The van der Waals surface area contributed by atoms with Crippen molar-refractivity contribution < 1.29 is 4.79 Å². The van der Waals surface area contributed by atoms with Gasteiger partial charge in [-0.1, -0.05) is 24.4 Å². The lowest BCUT2D eigenvalue weighted by Crippen LogP contribution is -2.34. The Bertz CT molecular complexity index is 415. The first-order chi connectivity index (χ1) is 9.16. The maximum absolute atomic E-state index is 12.1. The molecule has 2 rings (SSSR count). The van der Waals surface area contributed by atoms with Gasteiger partial charge in [0.15, 0.2) is 5.78 Å². The van der Waals surface area contributed by atoms with Crippen LogP contribution in [0.4, 0.5) is 0 Å². The summed E-state index contributed by atoms with van der Waals surface area (Å²) < 4.78 is 0. The number of hydrogen-bond donors (Lipinski definition) is 0. The predicted octanol–water partition coefficient (Wildman–Crippen LogP) is 4.18. The molecule has 3 heteroatoms. The van der Waals surface area contributed by atoms with E-state index >= 15 is 0 Å². The second kappa shape index (κ2) is 7.06. The Labute approximate surface area is 120 Å². The number of hydrogen-bond acceptors (Lipinski definition) is 2. The van der Waals surface area contributed by atoms with Crippen LogP contribution in [-0.2, 0) is 0 Å². The predicted molar refractivity (Wildman–Crippen MR) is 79.9 cm³/mol. The van der Waals surface area contributed by atoms with Crippen molar-refractivity contribution in [3.63, 3.8) is 0 Å². The van der Waals surface area contributed by atoms with Crippen LogP contribution in [0.5, 0.6) is 0 Å². The van der Waals surface area contributed by atoms with Crippen LogP contribution in [0.2, 0.25) is 5.02 Å². The van der Waals surface area contributed by atoms with Crippen molar-refractivity contribution in [1.29, 1.82) is 0 Å². The second-order valence-electron chi connectivity index (χ2n) is 5.41. The summed E-state index contributed by atoms with van der Waals surface area (Å²) in [6.07, 6.45) is 5.77. The monoisotopic (exact) mass is 279 g/mol. The number of carbonyl (C=O) groups is 1. The van der Waals surface area contributed by atoms with Crippen molar-refractivity contribution in [2.45, 2.75) is 45.1 Å². The zero-order valence-electron chi connectivity index (χ0n) is 11.6. The second-order valence-corrected chi connectivity index (χ2v) is 5.85. The van der Waals surface area contributed by atoms with Crippen molar-refractivity contribution in [1.82, 2.24) is 4.90 Å². The molecule has 1 aliphatic heterocycles. The Morgan fingerprint density at radius 1 is 1.26 bits per heavy atom. The first-order valence-electron chi connectivity index (χ1n) is 7.19. The maximum atomic E-state index is 12.1. The van der Waals surface area contributed by atoms with Gasteiger partial charge in [0.2, 0.25) is 0 Å². The molecule has 0 aliphatic carbocycles. The van der Waals surface area contributed by atoms with Gasteiger partial charge in [-0.3, -0.25) is 4.79 Å². The first kappa shape index (κ1) is 14.5. The standard InChI is InChI=1S/C16H22ClNO/c1-13-5-3-2-4-11-18(13)12-10-16(19)14-6-8-15(17)9-7-14/h6-9,13H,2-5,10-12H2,1H3. The minimum absolute atomic E-state index is 0.216. The molecule has 1 unspecified atom stereocenters. The molecule has 0 saturated carbocycles. The van der Waals surface area contributed by atoms with Gasteiger partial charge in [-0.25, -0.2) is 0 Å². The highest BCUT2D eigenvalue weighted by Crippen LogP contribution is 2.17. The van der Waals surface area contributed by atoms with Gasteiger partial charge in [0.1, 0.15) is 0 Å². The quantitative estimate of drug-likeness (QED) is 0.771. The van der Waals surface area contributed by atoms with Gasteiger partial charge in [-0.05, 0) is 50.6 Å². The van der Waals surface area contributed by atoms with Gasteiger partial charge < -0.3 is 4.90 Å². The van der Waals surface area contributed by atoms with E-state index < -0.39 is 0 Å². The van der Waals surface area contributed by atoms with Gasteiger partial charge in [0.25, 0.3) is 0 Å². The molecular formula is C16H22ClNO. The largest absolute Gasteiger partial charge is 0.300 e. The summed E-state index contributed by atoms with van der Waals surface area (Å²) in [5.41, 5.74) is 0.770. The van der Waals surface area contributed by atoms with E-state index in [2.05, 4.69) is 11.8 Å². The highest BCUT2D eigenvalue weighted by atomic mass is 35.5. The lowest BCUT2D eigenvalue weighted by molar-refractivity contribution is 0.0954. The molecule has 1 aromatic carbocycles. The number of likely N-dealkylation sites (tertiary alicyclic amines) is 1. The average molecular weight is 280 g/mol. The molecule has 0 aromatic heterocycles. The van der Waals surface area contributed by atoms with E-state index in [1.807, 2.05) is 12.1 Å².